The molecule has 25 heavy (non-hydrogen) atoms. The van der Waals surface area contributed by atoms with Gasteiger partial charge in [-0.15, -0.1) is 0 Å². The average Bonchev–Trinajstić information content (AvgIpc) is 2.96. The smallest absolute Gasteiger partial charge is 0.215 e. The highest BCUT2D eigenvalue weighted by atomic mass is 32.2. The van der Waals surface area contributed by atoms with Gasteiger partial charge in [0.25, 0.3) is 0 Å². The molecule has 3 fully saturated rings. The van der Waals surface area contributed by atoms with Crippen molar-refractivity contribution in [3.8, 4) is 0 Å². The number of hydrogen-bond acceptors (Lipinski definition) is 4. The summed E-state index contributed by atoms with van der Waals surface area (Å²) in [6.45, 7) is 14.8. The van der Waals surface area contributed by atoms with E-state index in [1.165, 1.54) is 0 Å². The van der Waals surface area contributed by atoms with Gasteiger partial charge in [0.15, 0.2) is 5.79 Å². The van der Waals surface area contributed by atoms with E-state index in [0.29, 0.717) is 12.5 Å². The summed E-state index contributed by atoms with van der Waals surface area (Å²) in [6.07, 6.45) is 2.78. The number of hydrogen-bond donors (Lipinski definition) is 0. The van der Waals surface area contributed by atoms with Gasteiger partial charge in [0.2, 0.25) is 10.0 Å². The van der Waals surface area contributed by atoms with Gasteiger partial charge in [0.1, 0.15) is 0 Å². The molecule has 0 aromatic carbocycles. The topological polar surface area (TPSA) is 55.8 Å². The van der Waals surface area contributed by atoms with Gasteiger partial charge in [-0.3, -0.25) is 0 Å². The second-order valence-electron chi connectivity index (χ2n) is 9.51. The Morgan fingerprint density at radius 2 is 1.76 bits per heavy atom. The maximum absolute atomic E-state index is 13.5. The minimum Gasteiger partial charge on any atom is -0.347 e. The number of sulfonamides is 1. The Hall–Kier alpha value is -0.170. The molecule has 1 heterocycles. The molecule has 2 saturated carbocycles. The number of nitrogens with zero attached hydrogens (tertiary/aromatic N) is 1. The van der Waals surface area contributed by atoms with Crippen molar-refractivity contribution in [2.75, 3.05) is 12.4 Å². The van der Waals surface area contributed by atoms with Crippen molar-refractivity contribution >= 4 is 10.0 Å². The average molecular weight is 374 g/mol. The van der Waals surface area contributed by atoms with Crippen LogP contribution in [-0.2, 0) is 19.5 Å². The minimum absolute atomic E-state index is 0.0287. The van der Waals surface area contributed by atoms with Crippen molar-refractivity contribution in [3.05, 3.63) is 0 Å². The number of rotatable bonds is 5. The first-order valence-corrected chi connectivity index (χ1v) is 11.3. The molecule has 1 aliphatic heterocycles. The fourth-order valence-corrected chi connectivity index (χ4v) is 8.84. The Morgan fingerprint density at radius 1 is 1.16 bits per heavy atom. The third kappa shape index (κ3) is 2.62. The van der Waals surface area contributed by atoms with Crippen molar-refractivity contribution in [1.29, 1.82) is 0 Å². The molecule has 1 unspecified atom stereocenters. The number of ether oxygens (including phenoxy) is 2. The van der Waals surface area contributed by atoms with Crippen LogP contribution in [-0.4, -0.2) is 49.1 Å². The minimum atomic E-state index is -3.43. The van der Waals surface area contributed by atoms with E-state index in [9.17, 15) is 8.42 Å². The van der Waals surface area contributed by atoms with Crippen molar-refractivity contribution in [2.24, 2.45) is 16.7 Å². The summed E-state index contributed by atoms with van der Waals surface area (Å²) in [7, 11) is -3.43. The predicted molar refractivity (Wildman–Crippen MR) is 98.7 cm³/mol. The highest BCUT2D eigenvalue weighted by Crippen LogP contribution is 2.72. The molecular weight excluding hydrogens is 338 g/mol. The van der Waals surface area contributed by atoms with E-state index in [0.717, 1.165) is 19.3 Å². The van der Waals surface area contributed by atoms with Crippen molar-refractivity contribution in [1.82, 2.24) is 4.31 Å². The summed E-state index contributed by atoms with van der Waals surface area (Å²) in [6, 6.07) is -0.105. The monoisotopic (exact) mass is 373 g/mol. The molecule has 5 nitrogen and oxygen atoms in total. The van der Waals surface area contributed by atoms with Crippen molar-refractivity contribution in [2.45, 2.75) is 91.7 Å². The van der Waals surface area contributed by atoms with E-state index in [-0.39, 0.29) is 29.4 Å². The highest BCUT2D eigenvalue weighted by molar-refractivity contribution is 7.89. The van der Waals surface area contributed by atoms with E-state index in [4.69, 9.17) is 9.47 Å². The van der Waals surface area contributed by atoms with Crippen LogP contribution in [0, 0.1) is 16.7 Å². The van der Waals surface area contributed by atoms with Crippen LogP contribution in [0.25, 0.3) is 0 Å². The van der Waals surface area contributed by atoms with Gasteiger partial charge in [0, 0.05) is 23.9 Å². The van der Waals surface area contributed by atoms with E-state index >= 15 is 0 Å². The van der Waals surface area contributed by atoms with Crippen LogP contribution in [0.3, 0.4) is 0 Å². The van der Waals surface area contributed by atoms with Gasteiger partial charge in [-0.2, -0.15) is 4.31 Å². The molecule has 6 heteroatoms. The first kappa shape index (κ1) is 19.6. The first-order chi connectivity index (χ1) is 11.4. The Bertz CT molecular complexity index is 621. The molecule has 0 amide bonds. The molecular formula is C19H35NO4S. The van der Waals surface area contributed by atoms with E-state index < -0.39 is 21.2 Å². The normalized spacial score (nSPS) is 40.2. The van der Waals surface area contributed by atoms with E-state index in [1.807, 2.05) is 34.6 Å². The molecule has 0 N–H and O–H groups in total. The summed E-state index contributed by atoms with van der Waals surface area (Å²) in [5.74, 6) is -0.155. The van der Waals surface area contributed by atoms with Gasteiger partial charge in [-0.05, 0) is 58.8 Å². The Labute approximate surface area is 153 Å². The fraction of sp³-hybridized carbons (Fsp3) is 1.00. The summed E-state index contributed by atoms with van der Waals surface area (Å²) in [4.78, 5) is 0. The summed E-state index contributed by atoms with van der Waals surface area (Å²) >= 11 is 0. The Morgan fingerprint density at radius 3 is 2.20 bits per heavy atom. The predicted octanol–water partition coefficient (Wildman–Crippen LogP) is 3.39. The zero-order chi connectivity index (χ0) is 18.8. The lowest BCUT2D eigenvalue weighted by atomic mass is 9.68. The third-order valence-electron chi connectivity index (χ3n) is 7.13. The van der Waals surface area contributed by atoms with Crippen molar-refractivity contribution < 1.29 is 17.9 Å². The van der Waals surface area contributed by atoms with Crippen LogP contribution in [0.15, 0.2) is 0 Å². The number of fused-ring (bicyclic) bond motifs is 3. The van der Waals surface area contributed by atoms with Crippen LogP contribution < -0.4 is 0 Å². The first-order valence-electron chi connectivity index (χ1n) is 9.71. The van der Waals surface area contributed by atoms with Gasteiger partial charge in [-0.25, -0.2) is 8.42 Å². The van der Waals surface area contributed by atoms with E-state index in [2.05, 4.69) is 13.8 Å². The molecule has 146 valence electrons. The summed E-state index contributed by atoms with van der Waals surface area (Å²) in [5.41, 5.74) is -0.583. The molecule has 0 aromatic heterocycles. The molecule has 2 bridgehead atoms. The second kappa shape index (κ2) is 5.91. The lowest BCUT2D eigenvalue weighted by Crippen LogP contribution is -2.57. The maximum atomic E-state index is 13.5. The molecule has 1 spiro atoms. The maximum Gasteiger partial charge on any atom is 0.215 e. The third-order valence-corrected chi connectivity index (χ3v) is 9.47. The van der Waals surface area contributed by atoms with Gasteiger partial charge >= 0.3 is 0 Å². The molecule has 4 atom stereocenters. The van der Waals surface area contributed by atoms with Gasteiger partial charge < -0.3 is 9.47 Å². The molecule has 3 rings (SSSR count). The standard InChI is InChI=1S/C19H35NO4S/c1-13(2)20(14(3)4)25(21,22)12-18-9-8-16(17(18,6)7)10-19(18)23-11-15(5)24-19/h13-16H,8-12H2,1-7H3/t15?,16-,18+,19+/m0/s1. The zero-order valence-electron chi connectivity index (χ0n) is 16.8. The summed E-state index contributed by atoms with van der Waals surface area (Å²) < 4.78 is 41.2. The van der Waals surface area contributed by atoms with E-state index in [1.54, 1.807) is 4.31 Å². The Balaban J connectivity index is 2.03. The molecule has 2 aliphatic carbocycles. The van der Waals surface area contributed by atoms with Crippen LogP contribution in [0.1, 0.15) is 67.7 Å². The van der Waals surface area contributed by atoms with Crippen LogP contribution >= 0.6 is 0 Å². The largest absolute Gasteiger partial charge is 0.347 e. The van der Waals surface area contributed by atoms with Crippen LogP contribution in [0.2, 0.25) is 0 Å². The van der Waals surface area contributed by atoms with Crippen LogP contribution in [0.5, 0.6) is 0 Å². The highest BCUT2D eigenvalue weighted by Gasteiger charge is 2.75. The molecule has 1 saturated heterocycles. The summed E-state index contributed by atoms with van der Waals surface area (Å²) in [5, 5.41) is 0. The molecule has 3 aliphatic rings. The molecule has 0 aromatic rings. The Kier molecular flexibility index (Phi) is 4.63. The lowest BCUT2D eigenvalue weighted by Gasteiger charge is -2.48. The lowest BCUT2D eigenvalue weighted by molar-refractivity contribution is -0.242. The zero-order valence-corrected chi connectivity index (χ0v) is 17.6. The van der Waals surface area contributed by atoms with Gasteiger partial charge in [0.05, 0.1) is 18.5 Å². The SMILES string of the molecule is CC1CO[C@]2(C[C@@H]3CC[C@@]2(CS(=O)(=O)N(C(C)C)C(C)C)C3(C)C)O1. The van der Waals surface area contributed by atoms with Crippen LogP contribution in [0.4, 0.5) is 0 Å². The fourth-order valence-electron chi connectivity index (χ4n) is 6.05. The van der Waals surface area contributed by atoms with Gasteiger partial charge in [-0.1, -0.05) is 13.8 Å². The quantitative estimate of drug-likeness (QED) is 0.741. The molecule has 0 radical (unpaired) electrons. The van der Waals surface area contributed by atoms with Crippen molar-refractivity contribution in [3.63, 3.8) is 0 Å². The second-order valence-corrected chi connectivity index (χ2v) is 11.4.